The van der Waals surface area contributed by atoms with Crippen LogP contribution in [0.15, 0.2) is 27.8 Å². The number of nitrogens with two attached hydrogens (primary N) is 2. The van der Waals surface area contributed by atoms with E-state index >= 15 is 0 Å². The Kier molecular flexibility index (Phi) is 2.74. The Balaban J connectivity index is 2.29. The highest BCUT2D eigenvalue weighted by Crippen LogP contribution is 2.27. The summed E-state index contributed by atoms with van der Waals surface area (Å²) >= 11 is 1.19. The molecule has 0 aliphatic carbocycles. The first-order valence-corrected chi connectivity index (χ1v) is 5.56. The molecule has 2 aromatic rings. The van der Waals surface area contributed by atoms with E-state index < -0.39 is 5.91 Å². The zero-order chi connectivity index (χ0) is 11.7. The van der Waals surface area contributed by atoms with Crippen molar-refractivity contribution in [1.29, 1.82) is 0 Å². The summed E-state index contributed by atoms with van der Waals surface area (Å²) in [6.45, 7) is 1.70. The number of rotatable bonds is 3. The zero-order valence-electron chi connectivity index (χ0n) is 8.64. The number of carbonyl (C=O) groups excluding carboxylic acids is 1. The van der Waals surface area contributed by atoms with Gasteiger partial charge in [-0.15, -0.1) is 0 Å². The normalized spacial score (nSPS) is 12.8. The first kappa shape index (κ1) is 10.8. The third kappa shape index (κ3) is 2.11. The molecule has 1 aromatic heterocycles. The van der Waals surface area contributed by atoms with Gasteiger partial charge < -0.3 is 15.9 Å². The molecule has 0 spiro atoms. The lowest BCUT2D eigenvalue weighted by Crippen LogP contribution is -2.22. The Labute approximate surface area is 96.2 Å². The van der Waals surface area contributed by atoms with Crippen LogP contribution >= 0.6 is 11.8 Å². The van der Waals surface area contributed by atoms with Gasteiger partial charge in [0.2, 0.25) is 5.91 Å². The second-order valence-electron chi connectivity index (χ2n) is 3.37. The van der Waals surface area contributed by atoms with Crippen LogP contribution in [0.4, 0.5) is 5.69 Å². The molecule has 0 bridgehead atoms. The van der Waals surface area contributed by atoms with E-state index in [1.54, 1.807) is 25.1 Å². The van der Waals surface area contributed by atoms with E-state index in [9.17, 15) is 4.79 Å². The Morgan fingerprint density at radius 3 is 3.00 bits per heavy atom. The van der Waals surface area contributed by atoms with E-state index in [-0.39, 0.29) is 5.25 Å². The lowest BCUT2D eigenvalue weighted by atomic mass is 10.3. The van der Waals surface area contributed by atoms with Gasteiger partial charge in [-0.1, -0.05) is 11.8 Å². The molecule has 84 valence electrons. The Hall–Kier alpha value is -1.69. The van der Waals surface area contributed by atoms with E-state index in [1.807, 2.05) is 0 Å². The number of nitrogen functional groups attached to an aromatic ring is 1. The molecule has 1 heterocycles. The number of primary amides is 1. The first-order valence-electron chi connectivity index (χ1n) is 4.68. The lowest BCUT2D eigenvalue weighted by molar-refractivity contribution is -0.117. The molecule has 1 atom stereocenters. The fourth-order valence-corrected chi connectivity index (χ4v) is 1.89. The smallest absolute Gasteiger partial charge is 0.257 e. The third-order valence-corrected chi connectivity index (χ3v) is 3.03. The molecule has 0 fully saturated rings. The average Bonchev–Trinajstić information content (AvgIpc) is 2.58. The van der Waals surface area contributed by atoms with Crippen LogP contribution in [0.25, 0.3) is 11.1 Å². The number of amides is 1. The van der Waals surface area contributed by atoms with Crippen LogP contribution in [-0.2, 0) is 4.79 Å². The van der Waals surface area contributed by atoms with Gasteiger partial charge in [-0.25, -0.2) is 4.98 Å². The number of oxazole rings is 1. The number of thioether (sulfide) groups is 1. The van der Waals surface area contributed by atoms with Crippen LogP contribution in [0.3, 0.4) is 0 Å². The third-order valence-electron chi connectivity index (χ3n) is 2.07. The summed E-state index contributed by atoms with van der Waals surface area (Å²) in [4.78, 5) is 15.1. The van der Waals surface area contributed by atoms with Crippen LogP contribution < -0.4 is 11.5 Å². The van der Waals surface area contributed by atoms with Crippen molar-refractivity contribution in [3.8, 4) is 0 Å². The quantitative estimate of drug-likeness (QED) is 0.621. The maximum atomic E-state index is 10.9. The highest BCUT2D eigenvalue weighted by molar-refractivity contribution is 8.00. The fourth-order valence-electron chi connectivity index (χ4n) is 1.18. The van der Waals surface area contributed by atoms with Crippen LogP contribution in [0, 0.1) is 0 Å². The number of fused-ring (bicyclic) bond motifs is 1. The van der Waals surface area contributed by atoms with Crippen LogP contribution in [0.2, 0.25) is 0 Å². The molecule has 1 unspecified atom stereocenters. The van der Waals surface area contributed by atoms with Gasteiger partial charge in [0.05, 0.1) is 5.25 Å². The van der Waals surface area contributed by atoms with Crippen molar-refractivity contribution in [2.45, 2.75) is 17.4 Å². The summed E-state index contributed by atoms with van der Waals surface area (Å²) in [5.74, 6) is -0.397. The van der Waals surface area contributed by atoms with Gasteiger partial charge in [0.25, 0.3) is 5.22 Å². The number of benzene rings is 1. The molecule has 1 aromatic carbocycles. The van der Waals surface area contributed by atoms with Crippen molar-refractivity contribution < 1.29 is 9.21 Å². The van der Waals surface area contributed by atoms with E-state index in [4.69, 9.17) is 15.9 Å². The molecular formula is C10H11N3O2S. The Morgan fingerprint density at radius 1 is 1.56 bits per heavy atom. The van der Waals surface area contributed by atoms with Crippen molar-refractivity contribution in [2.75, 3.05) is 5.73 Å². The SMILES string of the molecule is CC(Sc1nc2ccc(N)cc2o1)C(N)=O. The molecule has 5 nitrogen and oxygen atoms in total. The first-order chi connectivity index (χ1) is 7.56. The second kappa shape index (κ2) is 4.05. The van der Waals surface area contributed by atoms with Crippen molar-refractivity contribution in [3.63, 3.8) is 0 Å². The van der Waals surface area contributed by atoms with Crippen LogP contribution in [-0.4, -0.2) is 16.1 Å². The van der Waals surface area contributed by atoms with Crippen LogP contribution in [0.5, 0.6) is 0 Å². The predicted molar refractivity (Wildman–Crippen MR) is 62.9 cm³/mol. The Morgan fingerprint density at radius 2 is 2.31 bits per heavy atom. The number of hydrogen-bond donors (Lipinski definition) is 2. The van der Waals surface area contributed by atoms with Gasteiger partial charge >= 0.3 is 0 Å². The van der Waals surface area contributed by atoms with Gasteiger partial charge in [-0.3, -0.25) is 4.79 Å². The predicted octanol–water partition coefficient (Wildman–Crippen LogP) is 1.38. The minimum absolute atomic E-state index is 0.370. The minimum Gasteiger partial charge on any atom is -0.431 e. The van der Waals surface area contributed by atoms with Crippen LogP contribution in [0.1, 0.15) is 6.92 Å². The molecule has 0 aliphatic rings. The fraction of sp³-hybridized carbons (Fsp3) is 0.200. The van der Waals surface area contributed by atoms with Gasteiger partial charge in [0, 0.05) is 11.8 Å². The standard InChI is InChI=1S/C10H11N3O2S/c1-5(9(12)14)16-10-13-7-3-2-6(11)4-8(7)15-10/h2-5H,11H2,1H3,(H2,12,14). The average molecular weight is 237 g/mol. The highest BCUT2D eigenvalue weighted by Gasteiger charge is 2.15. The summed E-state index contributed by atoms with van der Waals surface area (Å²) < 4.78 is 5.43. The van der Waals surface area contributed by atoms with Crippen molar-refractivity contribution >= 4 is 34.5 Å². The molecule has 16 heavy (non-hydrogen) atoms. The van der Waals surface area contributed by atoms with Gasteiger partial charge in [-0.2, -0.15) is 0 Å². The van der Waals surface area contributed by atoms with Crippen molar-refractivity contribution in [1.82, 2.24) is 4.98 Å². The summed E-state index contributed by atoms with van der Waals surface area (Å²) in [5, 5.41) is 0.0531. The molecule has 2 rings (SSSR count). The number of hydrogen-bond acceptors (Lipinski definition) is 5. The molecule has 0 aliphatic heterocycles. The van der Waals surface area contributed by atoms with E-state index in [0.29, 0.717) is 22.0 Å². The highest BCUT2D eigenvalue weighted by atomic mass is 32.2. The number of aromatic nitrogens is 1. The number of anilines is 1. The minimum atomic E-state index is -0.397. The Bertz CT molecular complexity index is 538. The molecule has 1 amide bonds. The van der Waals surface area contributed by atoms with Gasteiger partial charge in [0.15, 0.2) is 5.58 Å². The maximum Gasteiger partial charge on any atom is 0.257 e. The topological polar surface area (TPSA) is 95.1 Å². The zero-order valence-corrected chi connectivity index (χ0v) is 9.45. The molecule has 0 saturated carbocycles. The van der Waals surface area contributed by atoms with Crippen molar-refractivity contribution in [3.05, 3.63) is 18.2 Å². The molecule has 6 heteroatoms. The van der Waals surface area contributed by atoms with E-state index in [1.165, 1.54) is 11.8 Å². The summed E-state index contributed by atoms with van der Waals surface area (Å²) in [5.41, 5.74) is 12.7. The number of carbonyl (C=O) groups is 1. The second-order valence-corrected chi connectivity index (χ2v) is 4.66. The molecule has 0 radical (unpaired) electrons. The molecule has 0 saturated heterocycles. The number of nitrogens with zero attached hydrogens (tertiary/aromatic N) is 1. The monoisotopic (exact) mass is 237 g/mol. The summed E-state index contributed by atoms with van der Waals surface area (Å²) in [6, 6.07) is 5.21. The summed E-state index contributed by atoms with van der Waals surface area (Å²) in [7, 11) is 0. The van der Waals surface area contributed by atoms with E-state index in [0.717, 1.165) is 0 Å². The molecule has 4 N–H and O–H groups in total. The van der Waals surface area contributed by atoms with Gasteiger partial charge in [-0.05, 0) is 19.1 Å². The largest absolute Gasteiger partial charge is 0.431 e. The summed E-state index contributed by atoms with van der Waals surface area (Å²) in [6.07, 6.45) is 0. The maximum absolute atomic E-state index is 10.9. The lowest BCUT2D eigenvalue weighted by Gasteiger charge is -2.00. The van der Waals surface area contributed by atoms with Crippen molar-refractivity contribution in [2.24, 2.45) is 5.73 Å². The van der Waals surface area contributed by atoms with Gasteiger partial charge in [0.1, 0.15) is 5.52 Å². The molecular weight excluding hydrogens is 226 g/mol. The van der Waals surface area contributed by atoms with E-state index in [2.05, 4.69) is 4.98 Å².